The number of hydrogen-bond acceptors (Lipinski definition) is 7. The fraction of sp³-hybridized carbons (Fsp3) is 0.471. The number of carbonyl (C=O) groups excluding carboxylic acids is 2. The van der Waals surface area contributed by atoms with Gasteiger partial charge in [0.2, 0.25) is 0 Å². The van der Waals surface area contributed by atoms with Crippen molar-refractivity contribution in [3.05, 3.63) is 29.8 Å². The van der Waals surface area contributed by atoms with Gasteiger partial charge in [0.05, 0.1) is 6.54 Å². The second kappa shape index (κ2) is 8.68. The van der Waals surface area contributed by atoms with Gasteiger partial charge in [-0.2, -0.15) is 0 Å². The third-order valence-electron chi connectivity index (χ3n) is 3.62. The van der Waals surface area contributed by atoms with Crippen molar-refractivity contribution in [3.63, 3.8) is 0 Å². The summed E-state index contributed by atoms with van der Waals surface area (Å²) in [6, 6.07) is 8.19. The lowest BCUT2D eigenvalue weighted by atomic mass is 9.87. The zero-order chi connectivity index (χ0) is 19.3. The molecule has 0 aliphatic carbocycles. The summed E-state index contributed by atoms with van der Waals surface area (Å²) in [5, 5.41) is 3.52. The molecule has 0 saturated carbocycles. The van der Waals surface area contributed by atoms with E-state index in [1.54, 1.807) is 14.1 Å². The van der Waals surface area contributed by atoms with E-state index in [9.17, 15) is 9.59 Å². The Bertz CT molecular complexity index is 686. The van der Waals surface area contributed by atoms with E-state index in [2.05, 4.69) is 38.1 Å². The number of benzene rings is 1. The molecule has 2 amide bonds. The third-order valence-corrected chi connectivity index (χ3v) is 6.01. The third kappa shape index (κ3) is 5.57. The van der Waals surface area contributed by atoms with Crippen LogP contribution in [0.15, 0.2) is 34.3 Å². The van der Waals surface area contributed by atoms with Gasteiger partial charge >= 0.3 is 17.9 Å². The van der Waals surface area contributed by atoms with Crippen LogP contribution in [0.2, 0.25) is 0 Å². The maximum atomic E-state index is 12.0. The van der Waals surface area contributed by atoms with Crippen LogP contribution in [0, 0.1) is 0 Å². The van der Waals surface area contributed by atoms with Gasteiger partial charge in [-0.15, -0.1) is 0 Å². The number of rotatable bonds is 4. The van der Waals surface area contributed by atoms with Gasteiger partial charge in [0.1, 0.15) is 6.61 Å². The Balaban J connectivity index is 1.84. The summed E-state index contributed by atoms with van der Waals surface area (Å²) in [6.07, 6.45) is -0.689. The van der Waals surface area contributed by atoms with Gasteiger partial charge < -0.3 is 9.64 Å². The molecule has 0 bridgehead atoms. The molecule has 1 saturated heterocycles. The highest BCUT2D eigenvalue weighted by Crippen LogP contribution is 2.34. The van der Waals surface area contributed by atoms with Crippen LogP contribution in [0.25, 0.3) is 0 Å². The van der Waals surface area contributed by atoms with Crippen molar-refractivity contribution in [1.29, 1.82) is 0 Å². The first-order chi connectivity index (χ1) is 12.2. The molecule has 1 aliphatic heterocycles. The minimum absolute atomic E-state index is 0.100. The molecular formula is C17H23N3O4S2. The van der Waals surface area contributed by atoms with E-state index in [0.29, 0.717) is 13.2 Å². The van der Waals surface area contributed by atoms with Gasteiger partial charge in [-0.25, -0.2) is 9.10 Å². The SMILES string of the molecule is CN1CCOC(=NOC(=O)N(C)SSc2ccc(C(C)(C)C)cc2)C1=O. The number of ether oxygens (including phenoxy) is 1. The molecular weight excluding hydrogens is 374 g/mol. The smallest absolute Gasteiger partial charge is 0.446 e. The molecule has 7 nitrogen and oxygen atoms in total. The fourth-order valence-corrected chi connectivity index (χ4v) is 3.60. The average molecular weight is 398 g/mol. The van der Waals surface area contributed by atoms with Crippen LogP contribution in [0.1, 0.15) is 26.3 Å². The summed E-state index contributed by atoms with van der Waals surface area (Å²) in [7, 11) is 5.83. The number of amides is 2. The summed E-state index contributed by atoms with van der Waals surface area (Å²) in [5.41, 5.74) is 1.35. The first kappa shape index (κ1) is 20.4. The van der Waals surface area contributed by atoms with Crippen molar-refractivity contribution in [1.82, 2.24) is 9.21 Å². The van der Waals surface area contributed by atoms with Crippen LogP contribution >= 0.6 is 21.8 Å². The molecule has 0 unspecified atom stereocenters. The average Bonchev–Trinajstić information content (AvgIpc) is 2.60. The highest BCUT2D eigenvalue weighted by atomic mass is 33.1. The molecule has 26 heavy (non-hydrogen) atoms. The zero-order valence-electron chi connectivity index (χ0n) is 15.5. The number of nitrogens with zero attached hydrogens (tertiary/aromatic N) is 3. The standard InChI is InChI=1S/C17H23N3O4S2/c1-17(2,3)12-6-8-13(9-7-12)25-26-20(5)16(22)24-18-14-15(21)19(4)10-11-23-14/h6-9H,10-11H2,1-5H3. The monoisotopic (exact) mass is 397 g/mol. The fourth-order valence-electron chi connectivity index (χ4n) is 1.95. The molecule has 2 rings (SSSR count). The second-order valence-corrected chi connectivity index (χ2v) is 9.04. The molecule has 1 heterocycles. The number of likely N-dealkylation sites (N-methyl/N-ethyl adjacent to an activating group) is 1. The minimum atomic E-state index is -0.689. The zero-order valence-corrected chi connectivity index (χ0v) is 17.1. The lowest BCUT2D eigenvalue weighted by molar-refractivity contribution is -0.127. The lowest BCUT2D eigenvalue weighted by Gasteiger charge is -2.23. The van der Waals surface area contributed by atoms with E-state index in [-0.39, 0.29) is 11.3 Å². The van der Waals surface area contributed by atoms with E-state index in [0.717, 1.165) is 4.90 Å². The first-order valence-corrected chi connectivity index (χ1v) is 10.2. The van der Waals surface area contributed by atoms with Crippen molar-refractivity contribution in [3.8, 4) is 0 Å². The molecule has 0 atom stereocenters. The minimum Gasteiger partial charge on any atom is -0.470 e. The van der Waals surface area contributed by atoms with Crippen LogP contribution in [-0.4, -0.2) is 54.4 Å². The predicted octanol–water partition coefficient (Wildman–Crippen LogP) is 3.51. The van der Waals surface area contributed by atoms with Crippen molar-refractivity contribution in [2.45, 2.75) is 31.1 Å². The quantitative estimate of drug-likeness (QED) is 0.335. The lowest BCUT2D eigenvalue weighted by Crippen LogP contribution is -2.42. The molecule has 0 radical (unpaired) electrons. The largest absolute Gasteiger partial charge is 0.470 e. The molecule has 0 N–H and O–H groups in total. The van der Waals surface area contributed by atoms with Gasteiger partial charge in [0, 0.05) is 30.0 Å². The van der Waals surface area contributed by atoms with Crippen molar-refractivity contribution in [2.24, 2.45) is 5.16 Å². The Morgan fingerprint density at radius 2 is 1.96 bits per heavy atom. The van der Waals surface area contributed by atoms with E-state index >= 15 is 0 Å². The Hall–Kier alpha value is -1.87. The highest BCUT2D eigenvalue weighted by Gasteiger charge is 2.25. The highest BCUT2D eigenvalue weighted by molar-refractivity contribution is 8.75. The van der Waals surface area contributed by atoms with Gasteiger partial charge in [0.15, 0.2) is 0 Å². The van der Waals surface area contributed by atoms with E-state index in [1.807, 2.05) is 12.1 Å². The molecule has 142 valence electrons. The maximum absolute atomic E-state index is 12.0. The molecule has 1 aliphatic rings. The summed E-state index contributed by atoms with van der Waals surface area (Å²) in [5.74, 6) is -0.622. The van der Waals surface area contributed by atoms with Crippen LogP contribution in [0.4, 0.5) is 4.79 Å². The summed E-state index contributed by atoms with van der Waals surface area (Å²) in [4.78, 5) is 31.0. The van der Waals surface area contributed by atoms with Crippen LogP contribution in [-0.2, 0) is 19.8 Å². The van der Waals surface area contributed by atoms with Crippen molar-refractivity contribution in [2.75, 3.05) is 27.2 Å². The van der Waals surface area contributed by atoms with Gasteiger partial charge in [0.25, 0.3) is 0 Å². The molecule has 9 heteroatoms. The predicted molar refractivity (Wildman–Crippen MR) is 104 cm³/mol. The van der Waals surface area contributed by atoms with Gasteiger partial charge in [-0.05, 0) is 39.1 Å². The Morgan fingerprint density at radius 1 is 1.31 bits per heavy atom. The number of oxime groups is 1. The number of morpholine rings is 1. The number of hydrogen-bond donors (Lipinski definition) is 0. The van der Waals surface area contributed by atoms with Crippen molar-refractivity contribution >= 4 is 39.7 Å². The van der Waals surface area contributed by atoms with Gasteiger partial charge in [-0.1, -0.05) is 32.9 Å². The molecule has 1 aromatic rings. The molecule has 0 spiro atoms. The summed E-state index contributed by atoms with van der Waals surface area (Å²) >= 11 is 0. The van der Waals surface area contributed by atoms with Crippen LogP contribution in [0.3, 0.4) is 0 Å². The molecule has 1 aromatic carbocycles. The second-order valence-electron chi connectivity index (χ2n) is 6.76. The summed E-state index contributed by atoms with van der Waals surface area (Å²) in [6.45, 7) is 7.28. The molecule has 0 aromatic heterocycles. The Kier molecular flexibility index (Phi) is 6.82. The van der Waals surface area contributed by atoms with Crippen LogP contribution in [0.5, 0.6) is 0 Å². The van der Waals surface area contributed by atoms with E-state index in [4.69, 9.17) is 9.57 Å². The topological polar surface area (TPSA) is 71.4 Å². The normalized spacial score (nSPS) is 16.4. The van der Waals surface area contributed by atoms with E-state index < -0.39 is 12.0 Å². The maximum Gasteiger partial charge on any atom is 0.446 e. The Labute approximate surface area is 161 Å². The van der Waals surface area contributed by atoms with Crippen molar-refractivity contribution < 1.29 is 19.2 Å². The number of carbonyl (C=O) groups is 2. The first-order valence-electron chi connectivity index (χ1n) is 8.04. The van der Waals surface area contributed by atoms with Crippen LogP contribution < -0.4 is 0 Å². The van der Waals surface area contributed by atoms with E-state index in [1.165, 1.54) is 36.5 Å². The van der Waals surface area contributed by atoms with Gasteiger partial charge in [-0.3, -0.25) is 9.63 Å². The molecule has 1 fully saturated rings. The Morgan fingerprint density at radius 3 is 2.58 bits per heavy atom. The summed E-state index contributed by atoms with van der Waals surface area (Å²) < 4.78 is 6.40.